The molecule has 1 N–H and O–H groups in total. The summed E-state index contributed by atoms with van der Waals surface area (Å²) in [6.07, 6.45) is 1.88. The SMILES string of the molecule is O=C(NCc1ccccc1Cl)c1nc(-c2cccc(Cl)c2)n2ccccc12. The lowest BCUT2D eigenvalue weighted by molar-refractivity contribution is 0.0948. The molecule has 0 saturated heterocycles. The minimum atomic E-state index is -0.258. The zero-order valence-corrected chi connectivity index (χ0v) is 15.7. The van der Waals surface area contributed by atoms with Crippen molar-refractivity contribution < 1.29 is 4.79 Å². The molecule has 0 aliphatic carbocycles. The number of fused-ring (bicyclic) bond motifs is 1. The van der Waals surface area contributed by atoms with Crippen molar-refractivity contribution in [3.8, 4) is 11.4 Å². The van der Waals surface area contributed by atoms with Crippen LogP contribution in [0.3, 0.4) is 0 Å². The Hall–Kier alpha value is -2.82. The lowest BCUT2D eigenvalue weighted by Gasteiger charge is -2.05. The van der Waals surface area contributed by atoms with E-state index >= 15 is 0 Å². The second kappa shape index (κ2) is 7.43. The van der Waals surface area contributed by atoms with Crippen LogP contribution in [0, 0.1) is 0 Å². The van der Waals surface area contributed by atoms with Crippen molar-refractivity contribution in [2.24, 2.45) is 0 Å². The maximum absolute atomic E-state index is 12.8. The van der Waals surface area contributed by atoms with Crippen molar-refractivity contribution in [2.75, 3.05) is 0 Å². The van der Waals surface area contributed by atoms with Crippen LogP contribution in [-0.4, -0.2) is 15.3 Å². The Morgan fingerprint density at radius 1 is 1.00 bits per heavy atom. The van der Waals surface area contributed by atoms with Gasteiger partial charge in [0.15, 0.2) is 5.69 Å². The number of carbonyl (C=O) groups is 1. The van der Waals surface area contributed by atoms with E-state index in [1.807, 2.05) is 65.2 Å². The normalized spacial score (nSPS) is 10.9. The van der Waals surface area contributed by atoms with Gasteiger partial charge in [-0.25, -0.2) is 4.98 Å². The molecular formula is C21H15Cl2N3O. The molecule has 0 unspecified atom stereocenters. The van der Waals surface area contributed by atoms with Crippen LogP contribution in [0.5, 0.6) is 0 Å². The third-order valence-electron chi connectivity index (χ3n) is 4.24. The zero-order valence-electron chi connectivity index (χ0n) is 14.2. The highest BCUT2D eigenvalue weighted by Crippen LogP contribution is 2.25. The minimum absolute atomic E-state index is 0.258. The second-order valence-electron chi connectivity index (χ2n) is 6.02. The van der Waals surface area contributed by atoms with Crippen LogP contribution in [0.2, 0.25) is 10.0 Å². The highest BCUT2D eigenvalue weighted by molar-refractivity contribution is 6.31. The van der Waals surface area contributed by atoms with Crippen molar-refractivity contribution in [2.45, 2.75) is 6.54 Å². The van der Waals surface area contributed by atoms with Crippen LogP contribution in [0.4, 0.5) is 0 Å². The number of nitrogens with zero attached hydrogens (tertiary/aromatic N) is 2. The van der Waals surface area contributed by atoms with Gasteiger partial charge in [0, 0.05) is 28.4 Å². The van der Waals surface area contributed by atoms with Crippen LogP contribution in [-0.2, 0) is 6.54 Å². The Morgan fingerprint density at radius 3 is 2.63 bits per heavy atom. The van der Waals surface area contributed by atoms with Gasteiger partial charge in [0.25, 0.3) is 5.91 Å². The number of halogens is 2. The van der Waals surface area contributed by atoms with Gasteiger partial charge in [-0.3, -0.25) is 9.20 Å². The number of aromatic nitrogens is 2. The first kappa shape index (κ1) is 17.6. The molecule has 2 aromatic carbocycles. The molecule has 134 valence electrons. The number of imidazole rings is 1. The van der Waals surface area contributed by atoms with E-state index in [0.717, 1.165) is 16.6 Å². The summed E-state index contributed by atoms with van der Waals surface area (Å²) in [5.41, 5.74) is 2.78. The monoisotopic (exact) mass is 395 g/mol. The van der Waals surface area contributed by atoms with E-state index in [2.05, 4.69) is 10.3 Å². The minimum Gasteiger partial charge on any atom is -0.346 e. The van der Waals surface area contributed by atoms with Gasteiger partial charge in [-0.1, -0.05) is 59.6 Å². The standard InChI is InChI=1S/C21H15Cl2N3O/c22-16-8-5-7-14(12-16)20-25-19(18-10-3-4-11-26(18)20)21(27)24-13-15-6-1-2-9-17(15)23/h1-12H,13H2,(H,24,27). The molecule has 0 radical (unpaired) electrons. The molecule has 27 heavy (non-hydrogen) atoms. The first-order chi connectivity index (χ1) is 13.1. The topological polar surface area (TPSA) is 46.4 Å². The number of rotatable bonds is 4. The van der Waals surface area contributed by atoms with Crippen molar-refractivity contribution in [1.82, 2.24) is 14.7 Å². The van der Waals surface area contributed by atoms with E-state index in [1.165, 1.54) is 0 Å². The molecule has 2 aromatic heterocycles. The van der Waals surface area contributed by atoms with Crippen molar-refractivity contribution in [3.63, 3.8) is 0 Å². The Labute approximate surface area is 166 Å². The van der Waals surface area contributed by atoms with E-state index in [1.54, 1.807) is 12.1 Å². The Balaban J connectivity index is 1.70. The van der Waals surface area contributed by atoms with Gasteiger partial charge in [0.05, 0.1) is 5.52 Å². The molecule has 6 heteroatoms. The van der Waals surface area contributed by atoms with Crippen LogP contribution in [0.15, 0.2) is 72.9 Å². The molecule has 0 atom stereocenters. The first-order valence-corrected chi connectivity index (χ1v) is 9.14. The van der Waals surface area contributed by atoms with Crippen LogP contribution in [0.1, 0.15) is 16.1 Å². The van der Waals surface area contributed by atoms with Gasteiger partial charge in [0.2, 0.25) is 0 Å². The first-order valence-electron chi connectivity index (χ1n) is 8.38. The highest BCUT2D eigenvalue weighted by atomic mass is 35.5. The molecule has 0 fully saturated rings. The molecule has 4 aromatic rings. The molecular weight excluding hydrogens is 381 g/mol. The second-order valence-corrected chi connectivity index (χ2v) is 6.87. The Kier molecular flexibility index (Phi) is 4.84. The maximum atomic E-state index is 12.8. The number of pyridine rings is 1. The quantitative estimate of drug-likeness (QED) is 0.513. The Morgan fingerprint density at radius 2 is 1.81 bits per heavy atom. The van der Waals surface area contributed by atoms with Crippen molar-refractivity contribution in [3.05, 3.63) is 94.2 Å². The average molecular weight is 396 g/mol. The molecule has 4 nitrogen and oxygen atoms in total. The summed E-state index contributed by atoms with van der Waals surface area (Å²) in [7, 11) is 0. The summed E-state index contributed by atoms with van der Waals surface area (Å²) in [5.74, 6) is 0.405. The van der Waals surface area contributed by atoms with E-state index in [4.69, 9.17) is 23.2 Å². The molecule has 0 bridgehead atoms. The van der Waals surface area contributed by atoms with E-state index in [0.29, 0.717) is 28.1 Å². The van der Waals surface area contributed by atoms with Crippen molar-refractivity contribution in [1.29, 1.82) is 0 Å². The molecule has 1 amide bonds. The summed E-state index contributed by atoms with van der Waals surface area (Å²) >= 11 is 12.3. The number of hydrogen-bond donors (Lipinski definition) is 1. The van der Waals surface area contributed by atoms with Crippen LogP contribution < -0.4 is 5.32 Å². The number of carbonyl (C=O) groups excluding carboxylic acids is 1. The van der Waals surface area contributed by atoms with Gasteiger partial charge in [-0.05, 0) is 35.9 Å². The molecule has 0 aliphatic rings. The Bertz CT molecular complexity index is 1140. The summed E-state index contributed by atoms with van der Waals surface area (Å²) in [6.45, 7) is 0.330. The number of benzene rings is 2. The maximum Gasteiger partial charge on any atom is 0.272 e. The molecule has 0 aliphatic heterocycles. The largest absolute Gasteiger partial charge is 0.346 e. The number of amides is 1. The van der Waals surface area contributed by atoms with Gasteiger partial charge in [0.1, 0.15) is 5.82 Å². The van der Waals surface area contributed by atoms with Crippen LogP contribution >= 0.6 is 23.2 Å². The third kappa shape index (κ3) is 3.54. The van der Waals surface area contributed by atoms with Gasteiger partial charge in [-0.15, -0.1) is 0 Å². The predicted octanol–water partition coefficient (Wildman–Crippen LogP) is 5.24. The lowest BCUT2D eigenvalue weighted by Crippen LogP contribution is -2.23. The highest BCUT2D eigenvalue weighted by Gasteiger charge is 2.18. The lowest BCUT2D eigenvalue weighted by atomic mass is 10.2. The molecule has 2 heterocycles. The van der Waals surface area contributed by atoms with E-state index < -0.39 is 0 Å². The zero-order chi connectivity index (χ0) is 18.8. The molecule has 4 rings (SSSR count). The number of hydrogen-bond acceptors (Lipinski definition) is 2. The summed E-state index contributed by atoms with van der Waals surface area (Å²) < 4.78 is 1.88. The average Bonchev–Trinajstić information content (AvgIpc) is 3.07. The fourth-order valence-electron chi connectivity index (χ4n) is 2.94. The fourth-order valence-corrected chi connectivity index (χ4v) is 3.33. The van der Waals surface area contributed by atoms with E-state index in [9.17, 15) is 4.79 Å². The van der Waals surface area contributed by atoms with Crippen LogP contribution in [0.25, 0.3) is 16.9 Å². The predicted molar refractivity (Wildman–Crippen MR) is 108 cm³/mol. The van der Waals surface area contributed by atoms with Crippen molar-refractivity contribution >= 4 is 34.6 Å². The van der Waals surface area contributed by atoms with Gasteiger partial charge < -0.3 is 5.32 Å². The summed E-state index contributed by atoms with van der Waals surface area (Å²) in [6, 6.07) is 20.5. The third-order valence-corrected chi connectivity index (χ3v) is 4.85. The number of nitrogens with one attached hydrogen (secondary N) is 1. The molecule has 0 saturated carbocycles. The summed E-state index contributed by atoms with van der Waals surface area (Å²) in [4.78, 5) is 17.4. The van der Waals surface area contributed by atoms with E-state index in [-0.39, 0.29) is 5.91 Å². The van der Waals surface area contributed by atoms with Gasteiger partial charge in [-0.2, -0.15) is 0 Å². The van der Waals surface area contributed by atoms with Gasteiger partial charge >= 0.3 is 0 Å². The molecule has 0 spiro atoms. The summed E-state index contributed by atoms with van der Waals surface area (Å²) in [5, 5.41) is 4.13. The smallest absolute Gasteiger partial charge is 0.272 e. The fraction of sp³-hybridized carbons (Fsp3) is 0.0476.